The molecule has 1 fully saturated rings. The van der Waals surface area contributed by atoms with E-state index in [1.165, 1.54) is 34.8 Å². The number of hydrogen-bond donors (Lipinski definition) is 2. The Morgan fingerprint density at radius 2 is 1.88 bits per heavy atom. The van der Waals surface area contributed by atoms with Crippen LogP contribution in [0.25, 0.3) is 0 Å². The van der Waals surface area contributed by atoms with E-state index in [9.17, 15) is 21.6 Å². The Morgan fingerprint density at radius 3 is 2.56 bits per heavy atom. The summed E-state index contributed by atoms with van der Waals surface area (Å²) in [4.78, 5) is 20.7. The van der Waals surface area contributed by atoms with Gasteiger partial charge in [-0.3, -0.25) is 4.79 Å². The SMILES string of the molecule is Cc1ccnc(NS(=O)(=O)c2ccc(NC(=O)C3CCCN(S(=O)(=O)c4cccs4)C3)cc2)n1. The predicted octanol–water partition coefficient (Wildman–Crippen LogP) is 2.69. The lowest BCUT2D eigenvalue weighted by molar-refractivity contribution is -0.120. The number of aromatic nitrogens is 2. The van der Waals surface area contributed by atoms with Gasteiger partial charge in [-0.2, -0.15) is 4.31 Å². The molecule has 0 bridgehead atoms. The summed E-state index contributed by atoms with van der Waals surface area (Å²) in [6, 6.07) is 10.6. The summed E-state index contributed by atoms with van der Waals surface area (Å²) in [7, 11) is -7.52. The molecule has 1 aliphatic rings. The van der Waals surface area contributed by atoms with Crippen LogP contribution in [0.1, 0.15) is 18.5 Å². The number of sulfonamides is 2. The highest BCUT2D eigenvalue weighted by Gasteiger charge is 2.33. The highest BCUT2D eigenvalue weighted by Crippen LogP contribution is 2.27. The molecule has 0 radical (unpaired) electrons. The largest absolute Gasteiger partial charge is 0.326 e. The van der Waals surface area contributed by atoms with Gasteiger partial charge in [0.2, 0.25) is 11.9 Å². The predicted molar refractivity (Wildman–Crippen MR) is 128 cm³/mol. The zero-order valence-corrected chi connectivity index (χ0v) is 20.7. The molecule has 4 rings (SSSR count). The van der Waals surface area contributed by atoms with Crippen LogP contribution in [0.5, 0.6) is 0 Å². The molecule has 0 saturated carbocycles. The number of aryl methyl sites for hydroxylation is 1. The summed E-state index contributed by atoms with van der Waals surface area (Å²) in [6.45, 7) is 2.19. The first-order valence-corrected chi connectivity index (χ1v) is 14.2. The van der Waals surface area contributed by atoms with Gasteiger partial charge in [0.15, 0.2) is 0 Å². The molecule has 13 heteroatoms. The van der Waals surface area contributed by atoms with Gasteiger partial charge in [-0.25, -0.2) is 31.5 Å². The van der Waals surface area contributed by atoms with E-state index in [-0.39, 0.29) is 27.5 Å². The van der Waals surface area contributed by atoms with E-state index in [1.54, 1.807) is 30.5 Å². The van der Waals surface area contributed by atoms with Crippen LogP contribution in [0.4, 0.5) is 11.6 Å². The third-order valence-electron chi connectivity index (χ3n) is 5.30. The quantitative estimate of drug-likeness (QED) is 0.487. The first-order valence-electron chi connectivity index (χ1n) is 10.4. The number of nitrogens with zero attached hydrogens (tertiary/aromatic N) is 3. The summed E-state index contributed by atoms with van der Waals surface area (Å²) in [6.07, 6.45) is 2.60. The molecule has 1 aromatic carbocycles. The average Bonchev–Trinajstić information content (AvgIpc) is 3.35. The average molecular weight is 522 g/mol. The molecule has 2 aromatic heterocycles. The number of anilines is 2. The number of benzene rings is 1. The third-order valence-corrected chi connectivity index (χ3v) is 9.88. The van der Waals surface area contributed by atoms with Crippen molar-refractivity contribution in [2.75, 3.05) is 23.1 Å². The molecule has 0 spiro atoms. The van der Waals surface area contributed by atoms with Gasteiger partial charge in [0.25, 0.3) is 20.0 Å². The van der Waals surface area contributed by atoms with Gasteiger partial charge >= 0.3 is 0 Å². The minimum atomic E-state index is -3.90. The molecule has 0 aliphatic carbocycles. The monoisotopic (exact) mass is 521 g/mol. The number of thiophene rings is 1. The van der Waals surface area contributed by atoms with E-state index in [2.05, 4.69) is 20.0 Å². The van der Waals surface area contributed by atoms with Crippen LogP contribution in [0.3, 0.4) is 0 Å². The van der Waals surface area contributed by atoms with E-state index < -0.39 is 26.0 Å². The Bertz CT molecular complexity index is 1370. The van der Waals surface area contributed by atoms with Gasteiger partial charge in [-0.05, 0) is 61.5 Å². The first-order chi connectivity index (χ1) is 16.1. The van der Waals surface area contributed by atoms with Gasteiger partial charge in [0, 0.05) is 30.7 Å². The maximum atomic E-state index is 12.8. The summed E-state index contributed by atoms with van der Waals surface area (Å²) >= 11 is 1.15. The third kappa shape index (κ3) is 5.43. The number of hydrogen-bond acceptors (Lipinski definition) is 8. The summed E-state index contributed by atoms with van der Waals surface area (Å²) in [5, 5.41) is 4.46. The normalized spacial score (nSPS) is 17.3. The fraction of sp³-hybridized carbons (Fsp3) is 0.286. The second-order valence-corrected chi connectivity index (χ2v) is 12.6. The van der Waals surface area contributed by atoms with Crippen LogP contribution in [0.15, 0.2) is 63.1 Å². The van der Waals surface area contributed by atoms with Gasteiger partial charge in [-0.15, -0.1) is 11.3 Å². The molecule has 180 valence electrons. The van der Waals surface area contributed by atoms with Crippen molar-refractivity contribution in [3.05, 3.63) is 59.7 Å². The lowest BCUT2D eigenvalue weighted by Crippen LogP contribution is -2.43. The van der Waals surface area contributed by atoms with Crippen molar-refractivity contribution in [3.63, 3.8) is 0 Å². The maximum Gasteiger partial charge on any atom is 0.264 e. The fourth-order valence-electron chi connectivity index (χ4n) is 3.55. The van der Waals surface area contributed by atoms with Crippen molar-refractivity contribution in [1.29, 1.82) is 0 Å². The summed E-state index contributed by atoms with van der Waals surface area (Å²) in [5.74, 6) is -0.850. The minimum Gasteiger partial charge on any atom is -0.326 e. The molecule has 1 amide bonds. The van der Waals surface area contributed by atoms with Crippen molar-refractivity contribution in [1.82, 2.24) is 14.3 Å². The second kappa shape index (κ2) is 9.78. The van der Waals surface area contributed by atoms with E-state index in [1.807, 2.05) is 0 Å². The zero-order chi connectivity index (χ0) is 24.3. The van der Waals surface area contributed by atoms with Crippen LogP contribution in [0, 0.1) is 12.8 Å². The van der Waals surface area contributed by atoms with Crippen molar-refractivity contribution < 1.29 is 21.6 Å². The van der Waals surface area contributed by atoms with Crippen LogP contribution >= 0.6 is 11.3 Å². The highest BCUT2D eigenvalue weighted by molar-refractivity contribution is 7.92. The second-order valence-electron chi connectivity index (χ2n) is 7.78. The van der Waals surface area contributed by atoms with Crippen LogP contribution in [-0.4, -0.2) is 50.1 Å². The molecule has 1 unspecified atom stereocenters. The standard InChI is InChI=1S/C21H23N5O5S3/c1-15-10-11-22-21(23-15)25-33(28,29)18-8-6-17(7-9-18)24-20(27)16-4-2-12-26(14-16)34(30,31)19-5-3-13-32-19/h3,5-11,13,16H,2,4,12,14H2,1H3,(H,24,27)(H,22,23,25). The van der Waals surface area contributed by atoms with E-state index in [0.717, 1.165) is 11.3 Å². The molecule has 1 aliphatic heterocycles. The molecule has 10 nitrogen and oxygen atoms in total. The molecule has 2 N–H and O–H groups in total. The lowest BCUT2D eigenvalue weighted by atomic mass is 9.99. The van der Waals surface area contributed by atoms with Gasteiger partial charge in [0.1, 0.15) is 4.21 Å². The number of piperidine rings is 1. The maximum absolute atomic E-state index is 12.8. The molecule has 3 aromatic rings. The van der Waals surface area contributed by atoms with Gasteiger partial charge in [0.05, 0.1) is 10.8 Å². The van der Waals surface area contributed by atoms with E-state index in [4.69, 9.17) is 0 Å². The fourth-order valence-corrected chi connectivity index (χ4v) is 7.17. The first kappa shape index (κ1) is 24.3. The van der Waals surface area contributed by atoms with Crippen molar-refractivity contribution in [2.24, 2.45) is 5.92 Å². The van der Waals surface area contributed by atoms with Crippen molar-refractivity contribution >= 4 is 48.9 Å². The smallest absolute Gasteiger partial charge is 0.264 e. The summed E-state index contributed by atoms with van der Waals surface area (Å²) < 4.78 is 54.7. The van der Waals surface area contributed by atoms with Crippen molar-refractivity contribution in [2.45, 2.75) is 28.9 Å². The summed E-state index contributed by atoms with van der Waals surface area (Å²) in [5.41, 5.74) is 1.03. The molecule has 34 heavy (non-hydrogen) atoms. The van der Waals surface area contributed by atoms with Gasteiger partial charge in [-0.1, -0.05) is 6.07 Å². The number of nitrogens with one attached hydrogen (secondary N) is 2. The van der Waals surface area contributed by atoms with Gasteiger partial charge < -0.3 is 5.32 Å². The number of rotatable bonds is 7. The Kier molecular flexibility index (Phi) is 6.98. The molecule has 3 heterocycles. The highest BCUT2D eigenvalue weighted by atomic mass is 32.2. The molecular weight excluding hydrogens is 498 g/mol. The molecule has 1 atom stereocenters. The Balaban J connectivity index is 1.40. The molecule has 1 saturated heterocycles. The topological polar surface area (TPSA) is 138 Å². The Hall–Kier alpha value is -2.87. The Morgan fingerprint density at radius 1 is 1.12 bits per heavy atom. The van der Waals surface area contributed by atoms with Crippen LogP contribution in [0.2, 0.25) is 0 Å². The lowest BCUT2D eigenvalue weighted by Gasteiger charge is -2.30. The van der Waals surface area contributed by atoms with E-state index >= 15 is 0 Å². The zero-order valence-electron chi connectivity index (χ0n) is 18.2. The number of carbonyl (C=O) groups excluding carboxylic acids is 1. The van der Waals surface area contributed by atoms with E-state index in [0.29, 0.717) is 30.8 Å². The number of amides is 1. The Labute approximate surface area is 202 Å². The minimum absolute atomic E-state index is 0.0125. The van der Waals surface area contributed by atoms with Crippen molar-refractivity contribution in [3.8, 4) is 0 Å². The number of carbonyl (C=O) groups is 1. The van der Waals surface area contributed by atoms with Crippen LogP contribution < -0.4 is 10.0 Å². The molecular formula is C21H23N5O5S3. The van der Waals surface area contributed by atoms with Crippen LogP contribution in [-0.2, 0) is 24.8 Å².